The third-order valence-corrected chi connectivity index (χ3v) is 6.01. The Balaban J connectivity index is 1.60. The van der Waals surface area contributed by atoms with E-state index in [9.17, 15) is 4.79 Å². The molecule has 0 radical (unpaired) electrons. The summed E-state index contributed by atoms with van der Waals surface area (Å²) in [7, 11) is 0. The van der Waals surface area contributed by atoms with Crippen LogP contribution in [0.1, 0.15) is 23.9 Å². The van der Waals surface area contributed by atoms with Crippen LogP contribution in [-0.2, 0) is 17.9 Å². The number of nitrogens with one attached hydrogen (secondary N) is 1. The fourth-order valence-electron chi connectivity index (χ4n) is 2.87. The molecule has 152 valence electrons. The lowest BCUT2D eigenvalue weighted by molar-refractivity contribution is -0.113. The third kappa shape index (κ3) is 5.72. The molecule has 1 N–H and O–H groups in total. The fraction of sp³-hybridized carbons (Fsp3) is 0.286. The molecule has 6 nitrogen and oxygen atoms in total. The molecule has 0 aliphatic heterocycles. The lowest BCUT2D eigenvalue weighted by Crippen LogP contribution is -2.15. The van der Waals surface area contributed by atoms with E-state index in [1.165, 1.54) is 11.8 Å². The molecule has 3 aromatic rings. The first-order valence-corrected chi connectivity index (χ1v) is 11.3. The quantitative estimate of drug-likeness (QED) is 0.339. The fourth-order valence-corrected chi connectivity index (χ4v) is 4.05. The van der Waals surface area contributed by atoms with Crippen LogP contribution < -0.4 is 10.1 Å². The lowest BCUT2D eigenvalue weighted by Gasteiger charge is -2.12. The largest absolute Gasteiger partial charge is 0.485 e. The molecule has 3 rings (SSSR count). The number of ether oxygens (including phenoxy) is 1. The van der Waals surface area contributed by atoms with Crippen molar-refractivity contribution in [3.05, 3.63) is 63.0 Å². The smallest absolute Gasteiger partial charge is 0.234 e. The molecule has 0 bridgehead atoms. The normalized spacial score (nSPS) is 10.8. The molecule has 1 heterocycles. The first-order valence-electron chi connectivity index (χ1n) is 9.27. The monoisotopic (exact) mass is 522 g/mol. The molecule has 8 heteroatoms. The first kappa shape index (κ1) is 21.6. The Kier molecular flexibility index (Phi) is 7.54. The maximum Gasteiger partial charge on any atom is 0.234 e. The van der Waals surface area contributed by atoms with Crippen LogP contribution in [-0.4, -0.2) is 26.4 Å². The van der Waals surface area contributed by atoms with E-state index in [1.807, 2.05) is 67.8 Å². The summed E-state index contributed by atoms with van der Waals surface area (Å²) < 4.78 is 9.12. The Morgan fingerprint density at radius 1 is 1.14 bits per heavy atom. The SMILES string of the molecule is CCn1c(COc2c(C)cccc2C)nnc1SCC(=O)Nc1ccc(I)cc1. The predicted molar refractivity (Wildman–Crippen MR) is 124 cm³/mol. The molecule has 0 saturated heterocycles. The molecule has 0 saturated carbocycles. The number of hydrogen-bond donors (Lipinski definition) is 1. The zero-order chi connectivity index (χ0) is 20.8. The van der Waals surface area contributed by atoms with Gasteiger partial charge in [-0.3, -0.25) is 4.79 Å². The summed E-state index contributed by atoms with van der Waals surface area (Å²) in [5.74, 6) is 1.82. The minimum atomic E-state index is -0.0739. The number of para-hydroxylation sites is 1. The van der Waals surface area contributed by atoms with Gasteiger partial charge in [-0.05, 0) is 78.8 Å². The van der Waals surface area contributed by atoms with E-state index in [1.54, 1.807) is 0 Å². The number of hydrogen-bond acceptors (Lipinski definition) is 5. The van der Waals surface area contributed by atoms with Crippen LogP contribution in [0, 0.1) is 17.4 Å². The molecular weight excluding hydrogens is 499 g/mol. The topological polar surface area (TPSA) is 69.0 Å². The highest BCUT2D eigenvalue weighted by Gasteiger charge is 2.14. The first-order chi connectivity index (χ1) is 14.0. The highest BCUT2D eigenvalue weighted by molar-refractivity contribution is 14.1. The number of halogens is 1. The maximum absolute atomic E-state index is 12.2. The van der Waals surface area contributed by atoms with Gasteiger partial charge in [0.05, 0.1) is 5.75 Å². The summed E-state index contributed by atoms with van der Waals surface area (Å²) in [6, 6.07) is 13.8. The number of nitrogens with zero attached hydrogens (tertiary/aromatic N) is 3. The van der Waals surface area contributed by atoms with Gasteiger partial charge in [0, 0.05) is 15.8 Å². The minimum Gasteiger partial charge on any atom is -0.485 e. The van der Waals surface area contributed by atoms with Crippen molar-refractivity contribution in [3.63, 3.8) is 0 Å². The van der Waals surface area contributed by atoms with Crippen molar-refractivity contribution in [2.75, 3.05) is 11.1 Å². The van der Waals surface area contributed by atoms with Gasteiger partial charge in [0.2, 0.25) is 5.91 Å². The number of aromatic nitrogens is 3. The number of aryl methyl sites for hydroxylation is 2. The Hall–Kier alpha value is -2.07. The molecular formula is C21H23IN4O2S. The van der Waals surface area contributed by atoms with Gasteiger partial charge in [0.1, 0.15) is 12.4 Å². The van der Waals surface area contributed by atoms with Crippen molar-refractivity contribution in [3.8, 4) is 5.75 Å². The van der Waals surface area contributed by atoms with Crippen molar-refractivity contribution in [2.45, 2.75) is 39.1 Å². The van der Waals surface area contributed by atoms with E-state index in [0.29, 0.717) is 18.3 Å². The van der Waals surface area contributed by atoms with Crippen LogP contribution >= 0.6 is 34.4 Å². The zero-order valence-electron chi connectivity index (χ0n) is 16.6. The van der Waals surface area contributed by atoms with Gasteiger partial charge < -0.3 is 14.6 Å². The number of carbonyl (C=O) groups excluding carboxylic acids is 1. The van der Waals surface area contributed by atoms with E-state index < -0.39 is 0 Å². The van der Waals surface area contributed by atoms with Gasteiger partial charge in [0.15, 0.2) is 11.0 Å². The molecule has 0 spiro atoms. The van der Waals surface area contributed by atoms with E-state index >= 15 is 0 Å². The molecule has 1 amide bonds. The third-order valence-electron chi connectivity index (χ3n) is 4.32. The zero-order valence-corrected chi connectivity index (χ0v) is 19.6. The minimum absolute atomic E-state index is 0.0739. The molecule has 0 aliphatic rings. The Labute approximate surface area is 188 Å². The predicted octanol–water partition coefficient (Wildman–Crippen LogP) is 4.83. The number of carbonyl (C=O) groups is 1. The van der Waals surface area contributed by atoms with Crippen molar-refractivity contribution < 1.29 is 9.53 Å². The number of amides is 1. The van der Waals surface area contributed by atoms with Crippen LogP contribution in [0.15, 0.2) is 47.6 Å². The second-order valence-electron chi connectivity index (χ2n) is 6.50. The van der Waals surface area contributed by atoms with Gasteiger partial charge in [-0.25, -0.2) is 0 Å². The summed E-state index contributed by atoms with van der Waals surface area (Å²) in [4.78, 5) is 12.2. The van der Waals surface area contributed by atoms with Crippen LogP contribution in [0.3, 0.4) is 0 Å². The highest BCUT2D eigenvalue weighted by Crippen LogP contribution is 2.24. The molecule has 0 atom stereocenters. The molecule has 0 unspecified atom stereocenters. The Bertz CT molecular complexity index is 969. The summed E-state index contributed by atoms with van der Waals surface area (Å²) in [6.45, 7) is 7.13. The van der Waals surface area contributed by atoms with E-state index in [-0.39, 0.29) is 11.7 Å². The Morgan fingerprint density at radius 3 is 2.48 bits per heavy atom. The number of benzene rings is 2. The molecule has 29 heavy (non-hydrogen) atoms. The highest BCUT2D eigenvalue weighted by atomic mass is 127. The molecule has 1 aromatic heterocycles. The average Bonchev–Trinajstić information content (AvgIpc) is 3.09. The van der Waals surface area contributed by atoms with Crippen LogP contribution in [0.4, 0.5) is 5.69 Å². The van der Waals surface area contributed by atoms with Crippen LogP contribution in [0.25, 0.3) is 0 Å². The van der Waals surface area contributed by atoms with Crippen molar-refractivity contribution >= 4 is 45.9 Å². The van der Waals surface area contributed by atoms with Gasteiger partial charge in [-0.1, -0.05) is 30.0 Å². The summed E-state index contributed by atoms with van der Waals surface area (Å²) in [5.41, 5.74) is 2.97. The summed E-state index contributed by atoms with van der Waals surface area (Å²) in [5, 5.41) is 12.1. The lowest BCUT2D eigenvalue weighted by atomic mass is 10.1. The van der Waals surface area contributed by atoms with E-state index in [0.717, 1.165) is 32.0 Å². The van der Waals surface area contributed by atoms with Gasteiger partial charge >= 0.3 is 0 Å². The average molecular weight is 522 g/mol. The van der Waals surface area contributed by atoms with E-state index in [2.05, 4.69) is 38.1 Å². The number of rotatable bonds is 8. The molecule has 0 fully saturated rings. The van der Waals surface area contributed by atoms with Gasteiger partial charge in [-0.2, -0.15) is 0 Å². The second kappa shape index (κ2) is 10.1. The number of thioether (sulfide) groups is 1. The van der Waals surface area contributed by atoms with Crippen molar-refractivity contribution in [1.82, 2.24) is 14.8 Å². The van der Waals surface area contributed by atoms with Gasteiger partial charge in [-0.15, -0.1) is 10.2 Å². The van der Waals surface area contributed by atoms with Crippen molar-refractivity contribution in [1.29, 1.82) is 0 Å². The molecule has 0 aliphatic carbocycles. The van der Waals surface area contributed by atoms with Crippen LogP contribution in [0.5, 0.6) is 5.75 Å². The maximum atomic E-state index is 12.2. The Morgan fingerprint density at radius 2 is 1.83 bits per heavy atom. The second-order valence-corrected chi connectivity index (χ2v) is 8.68. The summed E-state index contributed by atoms with van der Waals surface area (Å²) >= 11 is 3.60. The molecule has 2 aromatic carbocycles. The van der Waals surface area contributed by atoms with Crippen LogP contribution in [0.2, 0.25) is 0 Å². The van der Waals surface area contributed by atoms with Crippen molar-refractivity contribution in [2.24, 2.45) is 0 Å². The summed E-state index contributed by atoms with van der Waals surface area (Å²) in [6.07, 6.45) is 0. The standard InChI is InChI=1S/C21H23IN4O2S/c1-4-26-18(12-28-20-14(2)6-5-7-15(20)3)24-25-21(26)29-13-19(27)23-17-10-8-16(22)9-11-17/h5-11H,4,12-13H2,1-3H3,(H,23,27). The van der Waals surface area contributed by atoms with E-state index in [4.69, 9.17) is 4.74 Å². The van der Waals surface area contributed by atoms with Gasteiger partial charge in [0.25, 0.3) is 0 Å². The number of anilines is 1.